The molecule has 0 aromatic carbocycles. The number of halogens is 3. The van der Waals surface area contributed by atoms with E-state index in [4.69, 9.17) is 11.6 Å². The van der Waals surface area contributed by atoms with Gasteiger partial charge in [-0.1, -0.05) is 57.9 Å². The van der Waals surface area contributed by atoms with E-state index in [2.05, 4.69) is 59.2 Å². The first-order valence-corrected chi connectivity index (χ1v) is 9.09. The Balaban J connectivity index is 2.39. The van der Waals surface area contributed by atoms with E-state index in [1.165, 1.54) is 5.57 Å². The minimum absolute atomic E-state index is 0.0266. The molecule has 2 aliphatic carbocycles. The molecule has 2 saturated carbocycles. The quantitative estimate of drug-likeness (QED) is 0.435. The van der Waals surface area contributed by atoms with Crippen molar-refractivity contribution in [2.45, 2.75) is 67.1 Å². The van der Waals surface area contributed by atoms with Crippen LogP contribution in [0.15, 0.2) is 12.2 Å². The first kappa shape index (κ1) is 16.3. The Kier molecular flexibility index (Phi) is 4.29. The maximum atomic E-state index is 10.2. The summed E-state index contributed by atoms with van der Waals surface area (Å²) >= 11 is 14.1. The SMILES string of the molecule is C=C1C[C@@H](O)[C@@H](Br)C(C)(C)[C@]12CC[C@@](C)(Cl)[C@H](Br)C2. The molecule has 110 valence electrons. The maximum absolute atomic E-state index is 10.2. The second-order valence-electron chi connectivity index (χ2n) is 7.03. The zero-order valence-corrected chi connectivity index (χ0v) is 15.8. The summed E-state index contributed by atoms with van der Waals surface area (Å²) in [5.41, 5.74) is 1.22. The van der Waals surface area contributed by atoms with Crippen molar-refractivity contribution in [2.24, 2.45) is 10.8 Å². The highest BCUT2D eigenvalue weighted by molar-refractivity contribution is 9.09. The second-order valence-corrected chi connectivity index (χ2v) is 9.99. The number of aliphatic hydroxyl groups excluding tert-OH is 1. The van der Waals surface area contributed by atoms with E-state index in [1.807, 2.05) is 0 Å². The van der Waals surface area contributed by atoms with Gasteiger partial charge in [-0.3, -0.25) is 0 Å². The lowest BCUT2D eigenvalue weighted by atomic mass is 9.49. The van der Waals surface area contributed by atoms with Gasteiger partial charge in [-0.25, -0.2) is 0 Å². The van der Waals surface area contributed by atoms with Crippen LogP contribution in [0, 0.1) is 10.8 Å². The molecule has 0 heterocycles. The average Bonchev–Trinajstić information content (AvgIpc) is 2.29. The van der Waals surface area contributed by atoms with Gasteiger partial charge in [0.2, 0.25) is 0 Å². The Hall–Kier alpha value is 0.950. The minimum Gasteiger partial charge on any atom is -0.392 e. The van der Waals surface area contributed by atoms with E-state index in [1.54, 1.807) is 0 Å². The van der Waals surface area contributed by atoms with Crippen LogP contribution in [0.1, 0.15) is 46.5 Å². The van der Waals surface area contributed by atoms with E-state index in [9.17, 15) is 5.11 Å². The van der Waals surface area contributed by atoms with Crippen LogP contribution in [-0.4, -0.2) is 25.7 Å². The maximum Gasteiger partial charge on any atom is 0.0707 e. The predicted molar refractivity (Wildman–Crippen MR) is 89.5 cm³/mol. The Labute approximate surface area is 138 Å². The molecule has 1 spiro atoms. The second kappa shape index (κ2) is 5.00. The summed E-state index contributed by atoms with van der Waals surface area (Å²) in [5, 5.41) is 10.2. The summed E-state index contributed by atoms with van der Waals surface area (Å²) in [4.78, 5) is 0.200. The van der Waals surface area contributed by atoms with Crippen molar-refractivity contribution in [3.63, 3.8) is 0 Å². The van der Waals surface area contributed by atoms with Gasteiger partial charge >= 0.3 is 0 Å². The fraction of sp³-hybridized carbons (Fsp3) is 0.867. The van der Waals surface area contributed by atoms with Crippen LogP contribution >= 0.6 is 43.5 Å². The molecule has 19 heavy (non-hydrogen) atoms. The topological polar surface area (TPSA) is 20.2 Å². The molecule has 5 atom stereocenters. The Morgan fingerprint density at radius 3 is 2.37 bits per heavy atom. The van der Waals surface area contributed by atoms with Gasteiger partial charge < -0.3 is 5.11 Å². The summed E-state index contributed by atoms with van der Waals surface area (Å²) in [6.07, 6.45) is 3.37. The molecule has 0 radical (unpaired) electrons. The summed E-state index contributed by atoms with van der Waals surface area (Å²) in [7, 11) is 0. The number of alkyl halides is 3. The van der Waals surface area contributed by atoms with Gasteiger partial charge in [-0.05, 0) is 43.4 Å². The van der Waals surface area contributed by atoms with Crippen molar-refractivity contribution in [3.05, 3.63) is 12.2 Å². The summed E-state index contributed by atoms with van der Waals surface area (Å²) in [6.45, 7) is 10.9. The summed E-state index contributed by atoms with van der Waals surface area (Å²) in [5.74, 6) is 0. The van der Waals surface area contributed by atoms with Crippen LogP contribution in [0.25, 0.3) is 0 Å². The van der Waals surface area contributed by atoms with Gasteiger partial charge in [0.1, 0.15) is 0 Å². The third-order valence-electron chi connectivity index (χ3n) is 5.61. The minimum atomic E-state index is -0.341. The molecule has 0 aromatic rings. The smallest absolute Gasteiger partial charge is 0.0707 e. The third kappa shape index (κ3) is 2.37. The average molecular weight is 415 g/mol. The van der Waals surface area contributed by atoms with Gasteiger partial charge in [-0.15, -0.1) is 11.6 Å². The summed E-state index contributed by atoms with van der Waals surface area (Å²) in [6, 6.07) is 0. The highest BCUT2D eigenvalue weighted by Gasteiger charge is 2.59. The molecule has 0 bridgehead atoms. The molecule has 4 heteroatoms. The van der Waals surface area contributed by atoms with Crippen molar-refractivity contribution < 1.29 is 5.11 Å². The van der Waals surface area contributed by atoms with Crippen LogP contribution in [0.5, 0.6) is 0 Å². The van der Waals surface area contributed by atoms with E-state index in [0.717, 1.165) is 19.3 Å². The first-order valence-electron chi connectivity index (χ1n) is 6.88. The highest BCUT2D eigenvalue weighted by Crippen LogP contribution is 2.64. The van der Waals surface area contributed by atoms with Crippen LogP contribution < -0.4 is 0 Å². The van der Waals surface area contributed by atoms with E-state index < -0.39 is 0 Å². The molecular formula is C15H23Br2ClO. The standard InChI is InChI=1S/C15H23Br2ClO/c1-9-7-10(19)12(17)13(2,3)15(9)6-5-14(4,18)11(16)8-15/h10-12,19H,1,5-8H2,2-4H3/t10-,11-,12-,14-,15+/m1/s1. The zero-order valence-electron chi connectivity index (χ0n) is 11.8. The molecule has 2 rings (SSSR count). The monoisotopic (exact) mass is 412 g/mol. The van der Waals surface area contributed by atoms with Gasteiger partial charge in [0.05, 0.1) is 11.0 Å². The lowest BCUT2D eigenvalue weighted by Crippen LogP contribution is -2.58. The van der Waals surface area contributed by atoms with E-state index >= 15 is 0 Å². The molecule has 0 aliphatic heterocycles. The predicted octanol–water partition coefficient (Wildman–Crippen LogP) is 5.03. The van der Waals surface area contributed by atoms with Gasteiger partial charge in [0, 0.05) is 9.65 Å². The fourth-order valence-electron chi connectivity index (χ4n) is 3.89. The van der Waals surface area contributed by atoms with Gasteiger partial charge in [0.15, 0.2) is 0 Å². The molecular weight excluding hydrogens is 391 g/mol. The van der Waals surface area contributed by atoms with Crippen LogP contribution in [0.2, 0.25) is 0 Å². The summed E-state index contributed by atoms with van der Waals surface area (Å²) < 4.78 is 0. The molecule has 2 aliphatic rings. The lowest BCUT2D eigenvalue weighted by Gasteiger charge is -2.60. The van der Waals surface area contributed by atoms with E-state index in [0.29, 0.717) is 6.42 Å². The fourth-order valence-corrected chi connectivity index (χ4v) is 5.47. The Morgan fingerprint density at radius 1 is 1.26 bits per heavy atom. The zero-order chi connectivity index (χ0) is 14.6. The molecule has 1 nitrogen and oxygen atoms in total. The third-order valence-corrected chi connectivity index (χ3v) is 9.42. The van der Waals surface area contributed by atoms with Crippen molar-refractivity contribution in [1.82, 2.24) is 0 Å². The molecule has 0 unspecified atom stereocenters. The molecule has 0 aromatic heterocycles. The normalized spacial score (nSPS) is 50.5. The van der Waals surface area contributed by atoms with Gasteiger partial charge in [-0.2, -0.15) is 0 Å². The lowest BCUT2D eigenvalue weighted by molar-refractivity contribution is -0.0173. The van der Waals surface area contributed by atoms with Crippen LogP contribution in [-0.2, 0) is 0 Å². The first-order chi connectivity index (χ1) is 8.54. The molecule has 2 fully saturated rings. The van der Waals surface area contributed by atoms with Crippen LogP contribution in [0.4, 0.5) is 0 Å². The Morgan fingerprint density at radius 2 is 1.84 bits per heavy atom. The van der Waals surface area contributed by atoms with Crippen LogP contribution in [0.3, 0.4) is 0 Å². The molecule has 1 N–H and O–H groups in total. The Bertz CT molecular complexity index is 394. The number of hydrogen-bond donors (Lipinski definition) is 1. The van der Waals surface area contributed by atoms with E-state index in [-0.39, 0.29) is 31.5 Å². The highest BCUT2D eigenvalue weighted by atomic mass is 79.9. The van der Waals surface area contributed by atoms with Crippen molar-refractivity contribution in [1.29, 1.82) is 0 Å². The van der Waals surface area contributed by atoms with Crippen molar-refractivity contribution in [3.8, 4) is 0 Å². The number of rotatable bonds is 0. The number of aliphatic hydroxyl groups is 1. The van der Waals surface area contributed by atoms with Crippen molar-refractivity contribution in [2.75, 3.05) is 0 Å². The van der Waals surface area contributed by atoms with Gasteiger partial charge in [0.25, 0.3) is 0 Å². The molecule has 0 saturated heterocycles. The number of hydrogen-bond acceptors (Lipinski definition) is 1. The molecule has 0 amide bonds. The largest absolute Gasteiger partial charge is 0.392 e. The van der Waals surface area contributed by atoms with Crippen molar-refractivity contribution >= 4 is 43.5 Å².